The Labute approximate surface area is 104 Å². The van der Waals surface area contributed by atoms with Gasteiger partial charge in [-0.25, -0.2) is 0 Å². The van der Waals surface area contributed by atoms with Crippen LogP contribution >= 0.6 is 11.5 Å². The minimum atomic E-state index is 0.0450. The molecular weight excluding hydrogens is 234 g/mol. The number of rotatable bonds is 5. The molecule has 0 saturated carbocycles. The second-order valence-electron chi connectivity index (χ2n) is 3.74. The predicted octanol–water partition coefficient (Wildman–Crippen LogP) is 1.73. The zero-order valence-electron chi connectivity index (χ0n) is 9.92. The summed E-state index contributed by atoms with van der Waals surface area (Å²) in [6.07, 6.45) is 6.24. The maximum atomic E-state index is 4.36. The third-order valence-corrected chi connectivity index (χ3v) is 3.32. The molecular formula is C11H15N5S. The molecule has 90 valence electrons. The van der Waals surface area contributed by atoms with E-state index in [1.54, 1.807) is 18.6 Å². The summed E-state index contributed by atoms with van der Waals surface area (Å²) >= 11 is 1.41. The molecule has 2 aromatic heterocycles. The molecule has 0 aliphatic carbocycles. The Morgan fingerprint density at radius 3 is 2.88 bits per heavy atom. The molecule has 0 saturated heterocycles. The second-order valence-corrected chi connectivity index (χ2v) is 4.53. The number of hydrogen-bond acceptors (Lipinski definition) is 6. The Hall–Kier alpha value is -1.40. The van der Waals surface area contributed by atoms with Gasteiger partial charge in [-0.2, -0.15) is 0 Å². The first-order chi connectivity index (χ1) is 8.33. The largest absolute Gasteiger partial charge is 0.304 e. The van der Waals surface area contributed by atoms with Gasteiger partial charge in [0.05, 0.1) is 28.5 Å². The average molecular weight is 249 g/mol. The van der Waals surface area contributed by atoms with Crippen LogP contribution in [-0.2, 0) is 0 Å². The molecule has 17 heavy (non-hydrogen) atoms. The Morgan fingerprint density at radius 1 is 1.41 bits per heavy atom. The van der Waals surface area contributed by atoms with Gasteiger partial charge in [0.25, 0.3) is 0 Å². The number of aryl methyl sites for hydroxylation is 1. The summed E-state index contributed by atoms with van der Waals surface area (Å²) in [6, 6.07) is 0.0450. The van der Waals surface area contributed by atoms with Gasteiger partial charge in [0.2, 0.25) is 0 Å². The molecule has 0 aliphatic rings. The molecule has 5 nitrogen and oxygen atoms in total. The smallest absolute Gasteiger partial charge is 0.0895 e. The molecule has 0 aliphatic heterocycles. The highest BCUT2D eigenvalue weighted by atomic mass is 32.1. The molecule has 0 aromatic carbocycles. The van der Waals surface area contributed by atoms with Crippen molar-refractivity contribution in [2.24, 2.45) is 0 Å². The maximum absolute atomic E-state index is 4.36. The minimum absolute atomic E-state index is 0.0450. The quantitative estimate of drug-likeness (QED) is 0.874. The Morgan fingerprint density at radius 2 is 2.29 bits per heavy atom. The lowest BCUT2D eigenvalue weighted by Crippen LogP contribution is -2.24. The molecule has 1 atom stereocenters. The standard InChI is InChI=1S/C11H15N5S/c1-3-4-14-10(9-7-12-5-6-13-9)11-8(2)15-16-17-11/h5-7,10,14H,3-4H2,1-2H3. The Bertz CT molecular complexity index is 456. The van der Waals surface area contributed by atoms with Gasteiger partial charge in [0.1, 0.15) is 0 Å². The van der Waals surface area contributed by atoms with E-state index in [-0.39, 0.29) is 6.04 Å². The van der Waals surface area contributed by atoms with Gasteiger partial charge in [-0.05, 0) is 31.4 Å². The monoisotopic (exact) mass is 249 g/mol. The lowest BCUT2D eigenvalue weighted by molar-refractivity contribution is 0.588. The van der Waals surface area contributed by atoms with Gasteiger partial charge >= 0.3 is 0 Å². The first kappa shape index (κ1) is 12.1. The normalized spacial score (nSPS) is 12.6. The SMILES string of the molecule is CCCNC(c1cnccn1)c1snnc1C. The molecule has 0 amide bonds. The fourth-order valence-corrected chi connectivity index (χ4v) is 2.32. The summed E-state index contributed by atoms with van der Waals surface area (Å²) in [5.74, 6) is 0. The van der Waals surface area contributed by atoms with Crippen molar-refractivity contribution >= 4 is 11.5 Å². The molecule has 1 unspecified atom stereocenters. The highest BCUT2D eigenvalue weighted by Gasteiger charge is 2.19. The summed E-state index contributed by atoms with van der Waals surface area (Å²) in [5, 5.41) is 7.51. The molecule has 2 aromatic rings. The van der Waals surface area contributed by atoms with E-state index in [1.165, 1.54) is 11.5 Å². The molecule has 2 heterocycles. The van der Waals surface area contributed by atoms with Crippen LogP contribution in [0.2, 0.25) is 0 Å². The topological polar surface area (TPSA) is 63.6 Å². The first-order valence-corrected chi connectivity index (χ1v) is 6.38. The highest BCUT2D eigenvalue weighted by molar-refractivity contribution is 7.05. The highest BCUT2D eigenvalue weighted by Crippen LogP contribution is 2.24. The Kier molecular flexibility index (Phi) is 4.11. The molecule has 6 heteroatoms. The van der Waals surface area contributed by atoms with Gasteiger partial charge in [-0.1, -0.05) is 11.4 Å². The van der Waals surface area contributed by atoms with E-state index in [4.69, 9.17) is 0 Å². The van der Waals surface area contributed by atoms with Crippen molar-refractivity contribution in [3.63, 3.8) is 0 Å². The lowest BCUT2D eigenvalue weighted by Gasteiger charge is -2.15. The summed E-state index contributed by atoms with van der Waals surface area (Å²) in [7, 11) is 0. The molecule has 0 radical (unpaired) electrons. The van der Waals surface area contributed by atoms with Gasteiger partial charge in [-0.3, -0.25) is 9.97 Å². The van der Waals surface area contributed by atoms with Crippen LogP contribution in [0.3, 0.4) is 0 Å². The van der Waals surface area contributed by atoms with Crippen LogP contribution in [0, 0.1) is 6.92 Å². The van der Waals surface area contributed by atoms with Crippen LogP contribution in [0.1, 0.15) is 35.7 Å². The van der Waals surface area contributed by atoms with Crippen molar-refractivity contribution in [1.82, 2.24) is 24.9 Å². The van der Waals surface area contributed by atoms with Crippen LogP contribution < -0.4 is 5.32 Å². The molecule has 0 bridgehead atoms. The van der Waals surface area contributed by atoms with Crippen molar-refractivity contribution in [3.05, 3.63) is 34.9 Å². The summed E-state index contributed by atoms with van der Waals surface area (Å²) in [6.45, 7) is 5.03. The second kappa shape index (κ2) is 5.79. The van der Waals surface area contributed by atoms with Gasteiger partial charge in [0.15, 0.2) is 0 Å². The van der Waals surface area contributed by atoms with Crippen LogP contribution in [0.15, 0.2) is 18.6 Å². The van der Waals surface area contributed by atoms with Crippen molar-refractivity contribution in [2.75, 3.05) is 6.54 Å². The number of nitrogens with zero attached hydrogens (tertiary/aromatic N) is 4. The number of aromatic nitrogens is 4. The average Bonchev–Trinajstić information content (AvgIpc) is 2.78. The van der Waals surface area contributed by atoms with Crippen LogP contribution in [0.5, 0.6) is 0 Å². The summed E-state index contributed by atoms with van der Waals surface area (Å²) < 4.78 is 3.98. The van der Waals surface area contributed by atoms with Crippen molar-refractivity contribution in [2.45, 2.75) is 26.3 Å². The van der Waals surface area contributed by atoms with E-state index in [0.717, 1.165) is 29.2 Å². The van der Waals surface area contributed by atoms with E-state index < -0.39 is 0 Å². The number of hydrogen-bond donors (Lipinski definition) is 1. The van der Waals surface area contributed by atoms with Crippen LogP contribution in [0.25, 0.3) is 0 Å². The third kappa shape index (κ3) is 2.83. The van der Waals surface area contributed by atoms with E-state index >= 15 is 0 Å². The van der Waals surface area contributed by atoms with Crippen LogP contribution in [-0.4, -0.2) is 26.1 Å². The van der Waals surface area contributed by atoms with E-state index in [0.29, 0.717) is 0 Å². The fraction of sp³-hybridized carbons (Fsp3) is 0.455. The lowest BCUT2D eigenvalue weighted by atomic mass is 10.1. The predicted molar refractivity (Wildman–Crippen MR) is 66.8 cm³/mol. The first-order valence-electron chi connectivity index (χ1n) is 5.61. The van der Waals surface area contributed by atoms with Crippen molar-refractivity contribution in [1.29, 1.82) is 0 Å². The third-order valence-electron chi connectivity index (χ3n) is 2.43. The zero-order chi connectivity index (χ0) is 12.1. The van der Waals surface area contributed by atoms with Gasteiger partial charge in [0, 0.05) is 12.4 Å². The van der Waals surface area contributed by atoms with E-state index in [1.807, 2.05) is 6.92 Å². The van der Waals surface area contributed by atoms with E-state index in [2.05, 4.69) is 31.8 Å². The zero-order valence-corrected chi connectivity index (χ0v) is 10.7. The minimum Gasteiger partial charge on any atom is -0.304 e. The molecule has 1 N–H and O–H groups in total. The van der Waals surface area contributed by atoms with Crippen molar-refractivity contribution in [3.8, 4) is 0 Å². The van der Waals surface area contributed by atoms with Gasteiger partial charge < -0.3 is 5.32 Å². The molecule has 0 spiro atoms. The maximum Gasteiger partial charge on any atom is 0.0895 e. The molecule has 2 rings (SSSR count). The summed E-state index contributed by atoms with van der Waals surface area (Å²) in [4.78, 5) is 9.58. The Balaban J connectivity index is 2.29. The fourth-order valence-electron chi connectivity index (χ4n) is 1.58. The molecule has 0 fully saturated rings. The van der Waals surface area contributed by atoms with Gasteiger partial charge in [-0.15, -0.1) is 5.10 Å². The van der Waals surface area contributed by atoms with E-state index in [9.17, 15) is 0 Å². The number of nitrogens with one attached hydrogen (secondary N) is 1. The van der Waals surface area contributed by atoms with Crippen molar-refractivity contribution < 1.29 is 0 Å². The summed E-state index contributed by atoms with van der Waals surface area (Å²) in [5.41, 5.74) is 1.87. The van der Waals surface area contributed by atoms with Crippen LogP contribution in [0.4, 0.5) is 0 Å².